The van der Waals surface area contributed by atoms with Gasteiger partial charge in [-0.2, -0.15) is 0 Å². The van der Waals surface area contributed by atoms with E-state index in [1.807, 2.05) is 6.08 Å². The van der Waals surface area contributed by atoms with Crippen LogP contribution in [0.5, 0.6) is 0 Å². The summed E-state index contributed by atoms with van der Waals surface area (Å²) in [5.74, 6) is -0.105. The molecule has 0 aromatic heterocycles. The zero-order valence-corrected chi connectivity index (χ0v) is 10.1. The van der Waals surface area contributed by atoms with Crippen LogP contribution >= 0.6 is 23.0 Å². The molecule has 3 heteroatoms. The van der Waals surface area contributed by atoms with Crippen LogP contribution in [0.4, 0.5) is 0 Å². The van der Waals surface area contributed by atoms with Crippen molar-refractivity contribution in [2.24, 2.45) is 0 Å². The van der Waals surface area contributed by atoms with Crippen molar-refractivity contribution in [1.29, 1.82) is 0 Å². The van der Waals surface area contributed by atoms with Gasteiger partial charge >= 0.3 is 5.97 Å². The Morgan fingerprint density at radius 3 is 2.46 bits per heavy atom. The maximum atomic E-state index is 10.7. The summed E-state index contributed by atoms with van der Waals surface area (Å²) in [6.45, 7) is 3.67. The average Bonchev–Trinajstić information content (AvgIpc) is 2.16. The molecule has 0 amide bonds. The van der Waals surface area contributed by atoms with Crippen LogP contribution in [0.25, 0.3) is 0 Å². The van der Waals surface area contributed by atoms with Crippen LogP contribution in [0, 0.1) is 0 Å². The van der Waals surface area contributed by atoms with Gasteiger partial charge in [0.05, 0.1) is 0 Å². The van der Waals surface area contributed by atoms with Crippen molar-refractivity contribution in [3.05, 3.63) is 12.7 Å². The number of rotatable bonds is 8. The largest absolute Gasteiger partial charge is 0.394 e. The number of allylic oxidation sites excluding steroid dienone is 1. The molecular formula is C10H17IO2. The minimum atomic E-state index is -0.105. The minimum Gasteiger partial charge on any atom is -0.394 e. The average molecular weight is 296 g/mol. The molecule has 76 valence electrons. The maximum Gasteiger partial charge on any atom is 0.315 e. The third-order valence-corrected chi connectivity index (χ3v) is 2.37. The molecule has 0 atom stereocenters. The van der Waals surface area contributed by atoms with E-state index in [0.717, 1.165) is 19.3 Å². The molecule has 0 rings (SSSR count). The van der Waals surface area contributed by atoms with Gasteiger partial charge in [0.15, 0.2) is 23.0 Å². The van der Waals surface area contributed by atoms with E-state index in [0.29, 0.717) is 6.42 Å². The smallest absolute Gasteiger partial charge is 0.315 e. The molecule has 0 bridgehead atoms. The standard InChI is InChI=1S/C10H17IO2/c1-2-3-4-5-6-7-8-9-10(12)13-11/h2H,1,3-9H2. The third kappa shape index (κ3) is 9.86. The van der Waals surface area contributed by atoms with Gasteiger partial charge < -0.3 is 3.07 Å². The summed E-state index contributed by atoms with van der Waals surface area (Å²) < 4.78 is 4.51. The topological polar surface area (TPSA) is 26.3 Å². The van der Waals surface area contributed by atoms with Crippen molar-refractivity contribution in [3.8, 4) is 0 Å². The van der Waals surface area contributed by atoms with Gasteiger partial charge in [-0.15, -0.1) is 6.58 Å². The summed E-state index contributed by atoms with van der Waals surface area (Å²) in [5, 5.41) is 0. The first kappa shape index (κ1) is 12.9. The lowest BCUT2D eigenvalue weighted by molar-refractivity contribution is -0.131. The summed E-state index contributed by atoms with van der Waals surface area (Å²) >= 11 is 1.63. The van der Waals surface area contributed by atoms with Gasteiger partial charge in [0.1, 0.15) is 0 Å². The fraction of sp³-hybridized carbons (Fsp3) is 0.700. The van der Waals surface area contributed by atoms with Gasteiger partial charge in [0, 0.05) is 6.42 Å². The Labute approximate surface area is 94.4 Å². The predicted molar refractivity (Wildman–Crippen MR) is 62.6 cm³/mol. The van der Waals surface area contributed by atoms with Crippen molar-refractivity contribution in [2.45, 2.75) is 44.9 Å². The van der Waals surface area contributed by atoms with Crippen LogP contribution < -0.4 is 0 Å². The molecule has 0 N–H and O–H groups in total. The molecule has 0 aliphatic rings. The summed E-state index contributed by atoms with van der Waals surface area (Å²) in [5.41, 5.74) is 0. The van der Waals surface area contributed by atoms with Crippen LogP contribution in [0.15, 0.2) is 12.7 Å². The first-order valence-electron chi connectivity index (χ1n) is 4.73. The van der Waals surface area contributed by atoms with E-state index in [9.17, 15) is 4.79 Å². The molecule has 0 aromatic carbocycles. The highest BCUT2D eigenvalue weighted by molar-refractivity contribution is 14.1. The lowest BCUT2D eigenvalue weighted by atomic mass is 10.1. The highest BCUT2D eigenvalue weighted by Gasteiger charge is 1.99. The predicted octanol–water partition coefficient (Wildman–Crippen LogP) is 3.80. The Kier molecular flexibility index (Phi) is 9.98. The number of hydrogen-bond donors (Lipinski definition) is 0. The molecule has 0 heterocycles. The zero-order chi connectivity index (χ0) is 9.94. The second-order valence-corrected chi connectivity index (χ2v) is 3.48. The van der Waals surface area contributed by atoms with Crippen LogP contribution in [-0.4, -0.2) is 5.97 Å². The van der Waals surface area contributed by atoms with E-state index in [4.69, 9.17) is 0 Å². The Hall–Kier alpha value is -0.0600. The van der Waals surface area contributed by atoms with Crippen molar-refractivity contribution >= 4 is 29.0 Å². The third-order valence-electron chi connectivity index (χ3n) is 1.88. The van der Waals surface area contributed by atoms with Crippen molar-refractivity contribution in [1.82, 2.24) is 0 Å². The van der Waals surface area contributed by atoms with Gasteiger partial charge in [0.25, 0.3) is 0 Å². The summed E-state index contributed by atoms with van der Waals surface area (Å²) in [4.78, 5) is 10.7. The first-order valence-corrected chi connectivity index (χ1v) is 5.61. The zero-order valence-electron chi connectivity index (χ0n) is 7.93. The van der Waals surface area contributed by atoms with E-state index < -0.39 is 0 Å². The Balaban J connectivity index is 2.99. The summed E-state index contributed by atoms with van der Waals surface area (Å²) in [7, 11) is 0. The van der Waals surface area contributed by atoms with E-state index >= 15 is 0 Å². The van der Waals surface area contributed by atoms with E-state index in [2.05, 4.69) is 9.65 Å². The molecule has 0 unspecified atom stereocenters. The number of carbonyl (C=O) groups excluding carboxylic acids is 1. The molecule has 0 radical (unpaired) electrons. The molecule has 0 aromatic rings. The molecule has 0 aliphatic heterocycles. The molecule has 2 nitrogen and oxygen atoms in total. The first-order chi connectivity index (χ1) is 6.31. The highest BCUT2D eigenvalue weighted by Crippen LogP contribution is 2.08. The fourth-order valence-electron chi connectivity index (χ4n) is 1.13. The van der Waals surface area contributed by atoms with Crippen molar-refractivity contribution < 1.29 is 7.86 Å². The highest BCUT2D eigenvalue weighted by atomic mass is 127. The second-order valence-electron chi connectivity index (χ2n) is 3.04. The van der Waals surface area contributed by atoms with Gasteiger partial charge in [0.2, 0.25) is 0 Å². The number of hydrogen-bond acceptors (Lipinski definition) is 2. The lowest BCUT2D eigenvalue weighted by Crippen LogP contribution is -1.95. The number of carbonyl (C=O) groups is 1. The minimum absolute atomic E-state index is 0.105. The Morgan fingerprint density at radius 2 is 1.85 bits per heavy atom. The number of halogens is 1. The van der Waals surface area contributed by atoms with E-state index in [1.54, 1.807) is 23.0 Å². The van der Waals surface area contributed by atoms with Crippen LogP contribution in [0.2, 0.25) is 0 Å². The molecule has 0 saturated carbocycles. The molecule has 0 aliphatic carbocycles. The fourth-order valence-corrected chi connectivity index (χ4v) is 1.35. The molecule has 0 fully saturated rings. The molecular weight excluding hydrogens is 279 g/mol. The van der Waals surface area contributed by atoms with Crippen LogP contribution in [0.1, 0.15) is 44.9 Å². The Morgan fingerprint density at radius 1 is 1.23 bits per heavy atom. The Bertz CT molecular complexity index is 146. The van der Waals surface area contributed by atoms with Gasteiger partial charge in [-0.05, 0) is 19.3 Å². The van der Waals surface area contributed by atoms with Crippen LogP contribution in [0.3, 0.4) is 0 Å². The number of unbranched alkanes of at least 4 members (excludes halogenated alkanes) is 5. The summed E-state index contributed by atoms with van der Waals surface area (Å²) in [6.07, 6.45) is 9.38. The quantitative estimate of drug-likeness (QED) is 0.387. The van der Waals surface area contributed by atoms with Crippen molar-refractivity contribution in [3.63, 3.8) is 0 Å². The van der Waals surface area contributed by atoms with Crippen molar-refractivity contribution in [2.75, 3.05) is 0 Å². The molecule has 13 heavy (non-hydrogen) atoms. The summed E-state index contributed by atoms with van der Waals surface area (Å²) in [6, 6.07) is 0. The monoisotopic (exact) mass is 296 g/mol. The van der Waals surface area contributed by atoms with E-state index in [-0.39, 0.29) is 5.97 Å². The van der Waals surface area contributed by atoms with Gasteiger partial charge in [-0.1, -0.05) is 25.3 Å². The van der Waals surface area contributed by atoms with E-state index in [1.165, 1.54) is 19.3 Å². The molecule has 0 saturated heterocycles. The lowest BCUT2D eigenvalue weighted by Gasteiger charge is -1.98. The molecule has 0 spiro atoms. The maximum absolute atomic E-state index is 10.7. The second kappa shape index (κ2) is 10.0. The normalized spacial score (nSPS) is 9.62. The SMILES string of the molecule is C=CCCCCCCCC(=O)OI. The van der Waals surface area contributed by atoms with Crippen LogP contribution in [-0.2, 0) is 7.86 Å². The van der Waals surface area contributed by atoms with Gasteiger partial charge in [-0.25, -0.2) is 0 Å². The van der Waals surface area contributed by atoms with Gasteiger partial charge in [-0.3, -0.25) is 4.79 Å².